The minimum atomic E-state index is 0.456. The standard InChI is InChI=1S/C9H9BrN4O/c1-15-9-6(10)2-5(4-12-9)7-3-8(11)14-13-7/h2-4H,1H3,(H3,11,13,14). The van der Waals surface area contributed by atoms with Gasteiger partial charge in [0.2, 0.25) is 5.88 Å². The summed E-state index contributed by atoms with van der Waals surface area (Å²) in [5.74, 6) is 1.00. The lowest BCUT2D eigenvalue weighted by Crippen LogP contribution is -1.89. The number of pyridine rings is 1. The lowest BCUT2D eigenvalue weighted by atomic mass is 10.2. The smallest absolute Gasteiger partial charge is 0.227 e. The van der Waals surface area contributed by atoms with E-state index in [9.17, 15) is 0 Å². The van der Waals surface area contributed by atoms with E-state index < -0.39 is 0 Å². The molecule has 2 aromatic heterocycles. The Labute approximate surface area is 94.8 Å². The number of nitrogen functional groups attached to an aromatic ring is 1. The Morgan fingerprint density at radius 3 is 2.80 bits per heavy atom. The molecular weight excluding hydrogens is 260 g/mol. The van der Waals surface area contributed by atoms with Gasteiger partial charge in [-0.3, -0.25) is 5.10 Å². The number of nitrogens with zero attached hydrogens (tertiary/aromatic N) is 2. The van der Waals surface area contributed by atoms with Gasteiger partial charge in [0.15, 0.2) is 0 Å². The molecule has 0 aromatic carbocycles. The third kappa shape index (κ3) is 1.94. The molecule has 0 atom stereocenters. The maximum absolute atomic E-state index is 5.51. The summed E-state index contributed by atoms with van der Waals surface area (Å²) in [6.07, 6.45) is 1.69. The quantitative estimate of drug-likeness (QED) is 0.871. The largest absolute Gasteiger partial charge is 0.480 e. The second kappa shape index (κ2) is 3.90. The van der Waals surface area contributed by atoms with Crippen LogP contribution >= 0.6 is 15.9 Å². The summed E-state index contributed by atoms with van der Waals surface area (Å²) in [6.45, 7) is 0. The van der Waals surface area contributed by atoms with Crippen molar-refractivity contribution in [2.45, 2.75) is 0 Å². The predicted octanol–water partition coefficient (Wildman–Crippen LogP) is 1.82. The Hall–Kier alpha value is -1.56. The molecule has 0 aliphatic rings. The monoisotopic (exact) mass is 268 g/mol. The highest BCUT2D eigenvalue weighted by Gasteiger charge is 2.06. The van der Waals surface area contributed by atoms with Crippen LogP contribution in [0, 0.1) is 0 Å². The van der Waals surface area contributed by atoms with Gasteiger partial charge in [-0.2, -0.15) is 5.10 Å². The van der Waals surface area contributed by atoms with Crippen molar-refractivity contribution < 1.29 is 4.74 Å². The molecule has 0 saturated heterocycles. The van der Waals surface area contributed by atoms with Crippen LogP contribution in [0.25, 0.3) is 11.3 Å². The maximum Gasteiger partial charge on any atom is 0.227 e. The number of aromatic amines is 1. The van der Waals surface area contributed by atoms with Crippen molar-refractivity contribution in [1.82, 2.24) is 15.2 Å². The van der Waals surface area contributed by atoms with E-state index in [1.54, 1.807) is 19.4 Å². The molecule has 0 spiro atoms. The van der Waals surface area contributed by atoms with Crippen LogP contribution in [-0.2, 0) is 0 Å². The zero-order chi connectivity index (χ0) is 10.8. The zero-order valence-electron chi connectivity index (χ0n) is 7.99. The number of anilines is 1. The van der Waals surface area contributed by atoms with Gasteiger partial charge in [-0.25, -0.2) is 4.98 Å². The van der Waals surface area contributed by atoms with Crippen molar-refractivity contribution in [3.8, 4) is 17.1 Å². The molecular formula is C9H9BrN4O. The molecule has 0 fully saturated rings. The zero-order valence-corrected chi connectivity index (χ0v) is 9.58. The first-order valence-electron chi connectivity index (χ1n) is 4.21. The Morgan fingerprint density at radius 1 is 1.47 bits per heavy atom. The lowest BCUT2D eigenvalue weighted by molar-refractivity contribution is 0.395. The van der Waals surface area contributed by atoms with Gasteiger partial charge in [-0.1, -0.05) is 0 Å². The number of ether oxygens (including phenoxy) is 1. The summed E-state index contributed by atoms with van der Waals surface area (Å²) < 4.78 is 5.82. The first-order valence-corrected chi connectivity index (χ1v) is 5.01. The van der Waals surface area contributed by atoms with Gasteiger partial charge in [0, 0.05) is 17.8 Å². The molecule has 0 unspecified atom stereocenters. The normalized spacial score (nSPS) is 10.3. The SMILES string of the molecule is COc1ncc(-c2cc(N)n[nH]2)cc1Br. The molecule has 6 heteroatoms. The van der Waals surface area contributed by atoms with E-state index in [0.29, 0.717) is 11.7 Å². The van der Waals surface area contributed by atoms with Crippen LogP contribution in [-0.4, -0.2) is 22.3 Å². The third-order valence-electron chi connectivity index (χ3n) is 1.91. The van der Waals surface area contributed by atoms with E-state index in [4.69, 9.17) is 10.5 Å². The average molecular weight is 269 g/mol. The third-order valence-corrected chi connectivity index (χ3v) is 2.48. The molecule has 3 N–H and O–H groups in total. The number of nitrogens with two attached hydrogens (primary N) is 1. The number of hydrogen-bond acceptors (Lipinski definition) is 4. The van der Waals surface area contributed by atoms with Crippen LogP contribution in [0.1, 0.15) is 0 Å². The van der Waals surface area contributed by atoms with Crippen molar-refractivity contribution in [2.75, 3.05) is 12.8 Å². The second-order valence-electron chi connectivity index (χ2n) is 2.92. The molecule has 0 bridgehead atoms. The van der Waals surface area contributed by atoms with E-state index in [1.165, 1.54) is 0 Å². The maximum atomic E-state index is 5.51. The number of nitrogens with one attached hydrogen (secondary N) is 1. The molecule has 0 aliphatic carbocycles. The lowest BCUT2D eigenvalue weighted by Gasteiger charge is -2.03. The number of aromatic nitrogens is 3. The van der Waals surface area contributed by atoms with Crippen molar-refractivity contribution in [3.63, 3.8) is 0 Å². The number of halogens is 1. The second-order valence-corrected chi connectivity index (χ2v) is 3.78. The Bertz CT molecular complexity index is 483. The van der Waals surface area contributed by atoms with E-state index in [-0.39, 0.29) is 0 Å². The van der Waals surface area contributed by atoms with Gasteiger partial charge in [-0.15, -0.1) is 0 Å². The topological polar surface area (TPSA) is 76.8 Å². The molecule has 0 amide bonds. The number of H-pyrrole nitrogens is 1. The summed E-state index contributed by atoms with van der Waals surface area (Å²) >= 11 is 3.36. The van der Waals surface area contributed by atoms with Gasteiger partial charge < -0.3 is 10.5 Å². The molecule has 15 heavy (non-hydrogen) atoms. The summed E-state index contributed by atoms with van der Waals surface area (Å²) in [5.41, 5.74) is 7.23. The highest BCUT2D eigenvalue weighted by Crippen LogP contribution is 2.27. The van der Waals surface area contributed by atoms with Gasteiger partial charge in [0.05, 0.1) is 17.3 Å². The van der Waals surface area contributed by atoms with E-state index in [1.807, 2.05) is 6.07 Å². The van der Waals surface area contributed by atoms with Crippen LogP contribution in [0.3, 0.4) is 0 Å². The summed E-state index contributed by atoms with van der Waals surface area (Å²) in [5, 5.41) is 6.65. The number of methoxy groups -OCH3 is 1. The molecule has 78 valence electrons. The number of rotatable bonds is 2. The van der Waals surface area contributed by atoms with Crippen LogP contribution in [0.2, 0.25) is 0 Å². The minimum absolute atomic E-state index is 0.456. The first kappa shape index (κ1) is 9.97. The highest BCUT2D eigenvalue weighted by atomic mass is 79.9. The Morgan fingerprint density at radius 2 is 2.27 bits per heavy atom. The van der Waals surface area contributed by atoms with Crippen LogP contribution in [0.15, 0.2) is 22.8 Å². The van der Waals surface area contributed by atoms with Crippen molar-refractivity contribution in [2.24, 2.45) is 0 Å². The molecule has 0 radical (unpaired) electrons. The minimum Gasteiger partial charge on any atom is -0.480 e. The Balaban J connectivity index is 2.42. The van der Waals surface area contributed by atoms with Gasteiger partial charge >= 0.3 is 0 Å². The van der Waals surface area contributed by atoms with Crippen molar-refractivity contribution in [3.05, 3.63) is 22.8 Å². The molecule has 2 heterocycles. The molecule has 0 aliphatic heterocycles. The average Bonchev–Trinajstić information content (AvgIpc) is 2.65. The fourth-order valence-electron chi connectivity index (χ4n) is 1.21. The van der Waals surface area contributed by atoms with Crippen LogP contribution in [0.5, 0.6) is 5.88 Å². The van der Waals surface area contributed by atoms with Crippen LogP contribution in [0.4, 0.5) is 5.82 Å². The van der Waals surface area contributed by atoms with E-state index in [2.05, 4.69) is 31.1 Å². The summed E-state index contributed by atoms with van der Waals surface area (Å²) in [7, 11) is 1.57. The predicted molar refractivity (Wildman–Crippen MR) is 60.5 cm³/mol. The summed E-state index contributed by atoms with van der Waals surface area (Å²) in [4.78, 5) is 4.12. The molecule has 5 nitrogen and oxygen atoms in total. The molecule has 0 saturated carbocycles. The van der Waals surface area contributed by atoms with Gasteiger partial charge in [0.1, 0.15) is 5.82 Å². The highest BCUT2D eigenvalue weighted by molar-refractivity contribution is 9.10. The van der Waals surface area contributed by atoms with Gasteiger partial charge in [0.25, 0.3) is 0 Å². The van der Waals surface area contributed by atoms with E-state index >= 15 is 0 Å². The first-order chi connectivity index (χ1) is 7.20. The van der Waals surface area contributed by atoms with Crippen molar-refractivity contribution in [1.29, 1.82) is 0 Å². The Kier molecular flexibility index (Phi) is 2.59. The van der Waals surface area contributed by atoms with Crippen LogP contribution < -0.4 is 10.5 Å². The summed E-state index contributed by atoms with van der Waals surface area (Å²) in [6, 6.07) is 3.63. The molecule has 2 aromatic rings. The molecule has 2 rings (SSSR count). The van der Waals surface area contributed by atoms with Gasteiger partial charge in [-0.05, 0) is 22.0 Å². The van der Waals surface area contributed by atoms with E-state index in [0.717, 1.165) is 15.7 Å². The fourth-order valence-corrected chi connectivity index (χ4v) is 1.72. The number of hydrogen-bond donors (Lipinski definition) is 2. The fraction of sp³-hybridized carbons (Fsp3) is 0.111. The van der Waals surface area contributed by atoms with Crippen molar-refractivity contribution >= 4 is 21.7 Å².